The Hall–Kier alpha value is -3.44. The Bertz CT molecular complexity index is 1420. The Labute approximate surface area is 203 Å². The summed E-state index contributed by atoms with van der Waals surface area (Å²) in [6.07, 6.45) is -0.941. The van der Waals surface area contributed by atoms with Crippen molar-refractivity contribution in [1.29, 1.82) is 5.26 Å². The van der Waals surface area contributed by atoms with Crippen molar-refractivity contribution in [2.75, 3.05) is 18.4 Å². The Morgan fingerprint density at radius 1 is 1.31 bits per heavy atom. The van der Waals surface area contributed by atoms with Gasteiger partial charge in [-0.3, -0.25) is 14.2 Å². The zero-order chi connectivity index (χ0) is 25.5. The number of hydrogen-bond acceptors (Lipinski definition) is 6. The van der Waals surface area contributed by atoms with Gasteiger partial charge in [-0.05, 0) is 30.3 Å². The number of amides is 1. The van der Waals surface area contributed by atoms with E-state index in [-0.39, 0.29) is 29.1 Å². The number of nitriles is 1. The number of hydrogen-bond donors (Lipinski definition) is 1. The fraction of sp³-hybridized carbons (Fsp3) is 0.375. The van der Waals surface area contributed by atoms with E-state index in [0.29, 0.717) is 40.7 Å². The van der Waals surface area contributed by atoms with Gasteiger partial charge in [0.25, 0.3) is 12.0 Å². The molecule has 0 bridgehead atoms. The molecule has 3 aromatic rings. The number of anilines is 1. The van der Waals surface area contributed by atoms with Gasteiger partial charge in [0.15, 0.2) is 0 Å². The SMILES string of the molecule is CC(=O)N1CCC(C#N)(c2cc3c(N[C@H](C)c4cccc(C(F)F)c4P)ncnc3n(C)c2=O)C1. The number of nitrogens with zero attached hydrogens (tertiary/aromatic N) is 5. The maximum Gasteiger partial charge on any atom is 0.264 e. The molecule has 1 aromatic carbocycles. The van der Waals surface area contributed by atoms with Crippen molar-refractivity contribution in [2.24, 2.45) is 7.05 Å². The van der Waals surface area contributed by atoms with Crippen molar-refractivity contribution in [3.8, 4) is 6.07 Å². The molecule has 3 heterocycles. The molecule has 1 aliphatic heterocycles. The van der Waals surface area contributed by atoms with Gasteiger partial charge in [0.2, 0.25) is 5.91 Å². The van der Waals surface area contributed by atoms with Crippen LogP contribution in [0.5, 0.6) is 0 Å². The number of benzene rings is 1. The summed E-state index contributed by atoms with van der Waals surface area (Å²) in [7, 11) is 3.96. The summed E-state index contributed by atoms with van der Waals surface area (Å²) in [4.78, 5) is 35.3. The first-order valence-electron chi connectivity index (χ1n) is 11.0. The molecule has 0 radical (unpaired) electrons. The fourth-order valence-corrected chi connectivity index (χ4v) is 5.20. The predicted molar refractivity (Wildman–Crippen MR) is 132 cm³/mol. The van der Waals surface area contributed by atoms with Crippen LogP contribution in [0, 0.1) is 11.3 Å². The van der Waals surface area contributed by atoms with Crippen molar-refractivity contribution >= 4 is 37.3 Å². The van der Waals surface area contributed by atoms with Crippen LogP contribution in [-0.2, 0) is 17.3 Å². The van der Waals surface area contributed by atoms with E-state index in [9.17, 15) is 23.6 Å². The van der Waals surface area contributed by atoms with Gasteiger partial charge in [0.1, 0.15) is 23.2 Å². The van der Waals surface area contributed by atoms with Crippen LogP contribution < -0.4 is 16.2 Å². The third-order valence-corrected chi connectivity index (χ3v) is 7.34. The fourth-order valence-electron chi connectivity index (χ4n) is 4.63. The first-order chi connectivity index (χ1) is 16.6. The maximum atomic E-state index is 13.4. The number of carbonyl (C=O) groups is 1. The summed E-state index contributed by atoms with van der Waals surface area (Å²) in [6.45, 7) is 3.78. The van der Waals surface area contributed by atoms with E-state index in [1.807, 2.05) is 6.92 Å². The lowest BCUT2D eigenvalue weighted by atomic mass is 9.81. The monoisotopic (exact) mass is 498 g/mol. The van der Waals surface area contributed by atoms with Crippen molar-refractivity contribution in [2.45, 2.75) is 38.2 Å². The highest BCUT2D eigenvalue weighted by Crippen LogP contribution is 2.35. The largest absolute Gasteiger partial charge is 0.363 e. The molecule has 8 nitrogen and oxygen atoms in total. The van der Waals surface area contributed by atoms with Crippen LogP contribution in [0.15, 0.2) is 35.4 Å². The Kier molecular flexibility index (Phi) is 6.56. The van der Waals surface area contributed by atoms with Crippen molar-refractivity contribution in [3.05, 3.63) is 57.6 Å². The lowest BCUT2D eigenvalue weighted by molar-refractivity contribution is -0.127. The molecular weight excluding hydrogens is 473 g/mol. The molecule has 2 aromatic heterocycles. The minimum absolute atomic E-state index is 0.0643. The summed E-state index contributed by atoms with van der Waals surface area (Å²) >= 11 is 0. The van der Waals surface area contributed by atoms with Crippen LogP contribution >= 0.6 is 9.24 Å². The first-order valence-corrected chi connectivity index (χ1v) is 11.6. The number of carbonyl (C=O) groups excluding carboxylic acids is 1. The Morgan fingerprint density at radius 3 is 2.66 bits per heavy atom. The number of rotatable bonds is 5. The first kappa shape index (κ1) is 24.7. The molecule has 11 heteroatoms. The highest BCUT2D eigenvalue weighted by Gasteiger charge is 2.43. The highest BCUT2D eigenvalue weighted by molar-refractivity contribution is 7.27. The van der Waals surface area contributed by atoms with E-state index in [1.54, 1.807) is 30.1 Å². The van der Waals surface area contributed by atoms with Gasteiger partial charge in [-0.15, -0.1) is 9.24 Å². The average Bonchev–Trinajstić information content (AvgIpc) is 3.27. The summed E-state index contributed by atoms with van der Waals surface area (Å²) in [5.41, 5.74) is -0.275. The van der Waals surface area contributed by atoms with E-state index in [2.05, 4.69) is 30.6 Å². The highest BCUT2D eigenvalue weighted by atomic mass is 31.0. The predicted octanol–water partition coefficient (Wildman–Crippen LogP) is 2.95. The summed E-state index contributed by atoms with van der Waals surface area (Å²) < 4.78 is 28.2. The van der Waals surface area contributed by atoms with Crippen LogP contribution in [0.3, 0.4) is 0 Å². The lowest BCUT2D eigenvalue weighted by Crippen LogP contribution is -2.38. The van der Waals surface area contributed by atoms with Gasteiger partial charge in [-0.2, -0.15) is 5.26 Å². The molecule has 0 saturated carbocycles. The number of fused-ring (bicyclic) bond motifs is 1. The molecule has 1 N–H and O–H groups in total. The number of pyridine rings is 1. The summed E-state index contributed by atoms with van der Waals surface area (Å²) in [6, 6.07) is 8.23. The van der Waals surface area contributed by atoms with E-state index >= 15 is 0 Å². The molecular formula is C24H25F2N6O2P. The topological polar surface area (TPSA) is 104 Å². The van der Waals surface area contributed by atoms with Gasteiger partial charge >= 0.3 is 0 Å². The Balaban J connectivity index is 1.81. The van der Waals surface area contributed by atoms with Crippen molar-refractivity contribution in [1.82, 2.24) is 19.4 Å². The second kappa shape index (κ2) is 9.31. The van der Waals surface area contributed by atoms with Crippen LogP contribution in [-0.4, -0.2) is 38.4 Å². The molecule has 1 aliphatic rings. The van der Waals surface area contributed by atoms with E-state index in [0.717, 1.165) is 0 Å². The minimum atomic E-state index is -2.60. The molecule has 2 unspecified atom stereocenters. The molecule has 0 aliphatic carbocycles. The second-order valence-corrected chi connectivity index (χ2v) is 9.36. The minimum Gasteiger partial charge on any atom is -0.363 e. The summed E-state index contributed by atoms with van der Waals surface area (Å²) in [5.74, 6) is 0.249. The molecule has 0 spiro atoms. The zero-order valence-electron chi connectivity index (χ0n) is 19.5. The zero-order valence-corrected chi connectivity index (χ0v) is 20.7. The number of halogens is 2. The van der Waals surface area contributed by atoms with Gasteiger partial charge in [-0.1, -0.05) is 18.2 Å². The van der Waals surface area contributed by atoms with E-state index in [4.69, 9.17) is 0 Å². The molecule has 182 valence electrons. The number of nitrogens with one attached hydrogen (secondary N) is 1. The molecule has 35 heavy (non-hydrogen) atoms. The number of aryl methyl sites for hydroxylation is 1. The number of aromatic nitrogens is 3. The second-order valence-electron chi connectivity index (χ2n) is 8.78. The molecule has 1 amide bonds. The standard InChI is InChI=1S/C24H25F2N6O2P/c1-13(15-5-4-6-16(19(15)35)20(25)26)30-21-17-9-18(23(34)31(3)22(17)29-12-28-21)24(10-27)7-8-32(11-24)14(2)33/h4-6,9,12-13,20H,7-8,11,35H2,1-3H3,(H,28,29,30)/t13-,24?/m1/s1. The van der Waals surface area contributed by atoms with Crippen LogP contribution in [0.25, 0.3) is 11.0 Å². The van der Waals surface area contributed by atoms with Gasteiger partial charge in [-0.25, -0.2) is 18.7 Å². The van der Waals surface area contributed by atoms with E-state index < -0.39 is 17.9 Å². The van der Waals surface area contributed by atoms with Gasteiger partial charge < -0.3 is 10.2 Å². The normalized spacial score (nSPS) is 18.6. The average molecular weight is 498 g/mol. The quantitative estimate of drug-likeness (QED) is 0.543. The van der Waals surface area contributed by atoms with E-state index in [1.165, 1.54) is 23.9 Å². The van der Waals surface area contributed by atoms with Crippen molar-refractivity contribution in [3.63, 3.8) is 0 Å². The van der Waals surface area contributed by atoms with Crippen LogP contribution in [0.1, 0.15) is 49.4 Å². The smallest absolute Gasteiger partial charge is 0.264 e. The molecule has 3 atom stereocenters. The van der Waals surface area contributed by atoms with Crippen LogP contribution in [0.4, 0.5) is 14.6 Å². The molecule has 1 fully saturated rings. The maximum absolute atomic E-state index is 13.4. The third-order valence-electron chi connectivity index (χ3n) is 6.68. The molecule has 4 rings (SSSR count). The molecule has 1 saturated heterocycles. The third kappa shape index (κ3) is 4.25. The number of likely N-dealkylation sites (tertiary alicyclic amines) is 1. The Morgan fingerprint density at radius 2 is 2.03 bits per heavy atom. The van der Waals surface area contributed by atoms with Crippen molar-refractivity contribution < 1.29 is 13.6 Å². The van der Waals surface area contributed by atoms with Gasteiger partial charge in [0.05, 0.1) is 17.5 Å². The van der Waals surface area contributed by atoms with Gasteiger partial charge in [0, 0.05) is 38.2 Å². The summed E-state index contributed by atoms with van der Waals surface area (Å²) in [5, 5.41) is 14.3. The number of alkyl halides is 2. The van der Waals surface area contributed by atoms with Crippen LogP contribution in [0.2, 0.25) is 0 Å². The lowest BCUT2D eigenvalue weighted by Gasteiger charge is -2.23.